The topological polar surface area (TPSA) is 92.4 Å². The molecule has 0 saturated heterocycles. The van der Waals surface area contributed by atoms with Gasteiger partial charge in [-0.3, -0.25) is 9.78 Å². The summed E-state index contributed by atoms with van der Waals surface area (Å²) in [5.41, 5.74) is 2.54. The summed E-state index contributed by atoms with van der Waals surface area (Å²) in [4.78, 5) is 28.6. The lowest BCUT2D eigenvalue weighted by molar-refractivity contribution is 0.0947. The number of fused-ring (bicyclic) bond motifs is 1. The predicted octanol–water partition coefficient (Wildman–Crippen LogP) is 2.23. The summed E-state index contributed by atoms with van der Waals surface area (Å²) in [6.07, 6.45) is 1.51. The normalized spacial score (nSPS) is 10.8. The largest absolute Gasteiger partial charge is 0.420 e. The second-order valence-corrected chi connectivity index (χ2v) is 5.89. The Labute approximate surface area is 144 Å². The number of hydrogen-bond acceptors (Lipinski definition) is 5. The maximum atomic E-state index is 12.4. The molecule has 3 aromatic rings. The van der Waals surface area contributed by atoms with Crippen LogP contribution in [0, 0.1) is 13.8 Å². The smallest absolute Gasteiger partial charge is 0.349 e. The van der Waals surface area contributed by atoms with Gasteiger partial charge in [0.05, 0.1) is 12.3 Å². The Kier molecular flexibility index (Phi) is 4.63. The highest BCUT2D eigenvalue weighted by Crippen LogP contribution is 2.20. The zero-order chi connectivity index (χ0) is 18.0. The van der Waals surface area contributed by atoms with Crippen molar-refractivity contribution in [1.82, 2.24) is 10.3 Å². The number of amides is 1. The molecule has 6 nitrogen and oxygen atoms in total. The van der Waals surface area contributed by atoms with E-state index in [0.717, 1.165) is 11.1 Å². The molecule has 128 valence electrons. The van der Waals surface area contributed by atoms with Crippen LogP contribution in [0.5, 0.6) is 0 Å². The molecule has 0 aliphatic heterocycles. The molecule has 2 heterocycles. The zero-order valence-corrected chi connectivity index (χ0v) is 14.0. The van der Waals surface area contributed by atoms with Gasteiger partial charge in [-0.05, 0) is 25.5 Å². The van der Waals surface area contributed by atoms with Gasteiger partial charge in [-0.1, -0.05) is 29.8 Å². The third-order valence-electron chi connectivity index (χ3n) is 4.03. The molecule has 0 radical (unpaired) electrons. The molecular formula is C19H18N2O4. The minimum Gasteiger partial charge on any atom is -0.420 e. The van der Waals surface area contributed by atoms with E-state index in [1.807, 2.05) is 31.2 Å². The third kappa shape index (κ3) is 3.44. The van der Waals surface area contributed by atoms with Crippen LogP contribution in [-0.2, 0) is 13.2 Å². The predicted molar refractivity (Wildman–Crippen MR) is 93.3 cm³/mol. The van der Waals surface area contributed by atoms with Crippen molar-refractivity contribution in [3.63, 3.8) is 0 Å². The Bertz CT molecular complexity index is 991. The summed E-state index contributed by atoms with van der Waals surface area (Å²) < 4.78 is 5.26. The lowest BCUT2D eigenvalue weighted by atomic mass is 10.1. The lowest BCUT2D eigenvalue weighted by Crippen LogP contribution is -2.28. The second-order valence-electron chi connectivity index (χ2n) is 5.89. The van der Waals surface area contributed by atoms with E-state index < -0.39 is 11.5 Å². The van der Waals surface area contributed by atoms with Crippen molar-refractivity contribution in [2.45, 2.75) is 27.0 Å². The first-order valence-electron chi connectivity index (χ1n) is 7.86. The molecule has 0 unspecified atom stereocenters. The minimum absolute atomic E-state index is 0.0973. The number of pyridine rings is 1. The number of benzene rings is 1. The summed E-state index contributed by atoms with van der Waals surface area (Å²) >= 11 is 0. The van der Waals surface area contributed by atoms with E-state index in [2.05, 4.69) is 10.3 Å². The summed E-state index contributed by atoms with van der Waals surface area (Å²) in [5.74, 6) is -0.519. The molecule has 0 aliphatic carbocycles. The van der Waals surface area contributed by atoms with Crippen molar-refractivity contribution in [1.29, 1.82) is 0 Å². The summed E-state index contributed by atoms with van der Waals surface area (Å²) in [6, 6.07) is 9.19. The molecule has 6 heteroatoms. The molecule has 2 N–H and O–H groups in total. The fraction of sp³-hybridized carbons (Fsp3) is 0.211. The molecule has 0 saturated carbocycles. The van der Waals surface area contributed by atoms with E-state index in [4.69, 9.17) is 4.42 Å². The Hall–Kier alpha value is -2.99. The van der Waals surface area contributed by atoms with Crippen molar-refractivity contribution >= 4 is 16.9 Å². The van der Waals surface area contributed by atoms with Crippen LogP contribution in [0.3, 0.4) is 0 Å². The van der Waals surface area contributed by atoms with E-state index >= 15 is 0 Å². The number of carbonyl (C=O) groups is 1. The monoisotopic (exact) mass is 338 g/mol. The van der Waals surface area contributed by atoms with Crippen molar-refractivity contribution in [3.8, 4) is 0 Å². The van der Waals surface area contributed by atoms with Gasteiger partial charge in [-0.15, -0.1) is 0 Å². The molecule has 3 rings (SSSR count). The van der Waals surface area contributed by atoms with Gasteiger partial charge in [0.2, 0.25) is 0 Å². The van der Waals surface area contributed by atoms with E-state index in [9.17, 15) is 14.7 Å². The Morgan fingerprint density at radius 2 is 1.96 bits per heavy atom. The molecule has 25 heavy (non-hydrogen) atoms. The number of aliphatic hydroxyl groups excluding tert-OH is 1. The van der Waals surface area contributed by atoms with Crippen molar-refractivity contribution in [3.05, 3.63) is 74.9 Å². The van der Waals surface area contributed by atoms with E-state index in [-0.39, 0.29) is 17.8 Å². The van der Waals surface area contributed by atoms with Crippen LogP contribution in [0.25, 0.3) is 11.0 Å². The Morgan fingerprint density at radius 3 is 2.64 bits per heavy atom. The van der Waals surface area contributed by atoms with E-state index in [1.165, 1.54) is 12.3 Å². The Morgan fingerprint density at radius 1 is 1.24 bits per heavy atom. The van der Waals surface area contributed by atoms with Gasteiger partial charge in [-0.25, -0.2) is 4.79 Å². The first-order chi connectivity index (χ1) is 12.0. The second kappa shape index (κ2) is 6.86. The van der Waals surface area contributed by atoms with Gasteiger partial charge < -0.3 is 14.8 Å². The molecule has 0 bridgehead atoms. The van der Waals surface area contributed by atoms with E-state index in [1.54, 1.807) is 6.92 Å². The van der Waals surface area contributed by atoms with Crippen LogP contribution in [0.15, 0.2) is 45.7 Å². The maximum absolute atomic E-state index is 12.4. The first kappa shape index (κ1) is 16.9. The van der Waals surface area contributed by atoms with Crippen LogP contribution < -0.4 is 10.9 Å². The number of aliphatic hydroxyl groups is 1. The van der Waals surface area contributed by atoms with Crippen LogP contribution >= 0.6 is 0 Å². The average Bonchev–Trinajstić information content (AvgIpc) is 2.61. The lowest BCUT2D eigenvalue weighted by Gasteiger charge is -2.08. The summed E-state index contributed by atoms with van der Waals surface area (Å²) in [6.45, 7) is 3.72. The average molecular weight is 338 g/mol. The van der Waals surface area contributed by atoms with Gasteiger partial charge in [-0.2, -0.15) is 0 Å². The molecule has 0 spiro atoms. The highest BCUT2D eigenvalue weighted by atomic mass is 16.4. The van der Waals surface area contributed by atoms with Gasteiger partial charge in [0.1, 0.15) is 5.56 Å². The van der Waals surface area contributed by atoms with Gasteiger partial charge in [0.25, 0.3) is 5.91 Å². The van der Waals surface area contributed by atoms with Crippen molar-refractivity contribution < 1.29 is 14.3 Å². The molecule has 0 fully saturated rings. The molecule has 0 atom stereocenters. The number of hydrogen-bond donors (Lipinski definition) is 2. The number of nitrogens with one attached hydrogen (secondary N) is 1. The summed E-state index contributed by atoms with van der Waals surface area (Å²) in [7, 11) is 0. The SMILES string of the molecule is Cc1ccc(CNC(=O)c2cc3c(CO)cnc(C)c3oc2=O)cc1. The molecule has 1 aromatic carbocycles. The van der Waals surface area contributed by atoms with Gasteiger partial charge in [0.15, 0.2) is 5.58 Å². The number of aromatic nitrogens is 1. The zero-order valence-electron chi connectivity index (χ0n) is 14.0. The number of aryl methyl sites for hydroxylation is 2. The molecule has 2 aromatic heterocycles. The van der Waals surface area contributed by atoms with Crippen molar-refractivity contribution in [2.24, 2.45) is 0 Å². The molecule has 1 amide bonds. The number of nitrogens with zero attached hydrogens (tertiary/aromatic N) is 1. The fourth-order valence-corrected chi connectivity index (χ4v) is 2.55. The number of rotatable bonds is 4. The van der Waals surface area contributed by atoms with E-state index in [0.29, 0.717) is 23.2 Å². The Balaban J connectivity index is 1.92. The molecule has 0 aliphatic rings. The first-order valence-corrected chi connectivity index (χ1v) is 7.86. The highest BCUT2D eigenvalue weighted by Gasteiger charge is 2.16. The number of carbonyl (C=O) groups excluding carboxylic acids is 1. The highest BCUT2D eigenvalue weighted by molar-refractivity contribution is 5.97. The van der Waals surface area contributed by atoms with Crippen LogP contribution in [0.4, 0.5) is 0 Å². The minimum atomic E-state index is -0.728. The fourth-order valence-electron chi connectivity index (χ4n) is 2.55. The standard InChI is InChI=1S/C19H18N2O4/c1-11-3-5-13(6-4-11)8-21-18(23)16-7-15-14(10-22)9-20-12(2)17(15)25-19(16)24/h3-7,9,22H,8,10H2,1-2H3,(H,21,23). The third-order valence-corrected chi connectivity index (χ3v) is 4.03. The van der Waals surface area contributed by atoms with Crippen LogP contribution in [-0.4, -0.2) is 16.0 Å². The summed E-state index contributed by atoms with van der Waals surface area (Å²) in [5, 5.41) is 12.7. The van der Waals surface area contributed by atoms with Crippen molar-refractivity contribution in [2.75, 3.05) is 0 Å². The van der Waals surface area contributed by atoms with Crippen LogP contribution in [0.1, 0.15) is 32.7 Å². The molecular weight excluding hydrogens is 320 g/mol. The van der Waals surface area contributed by atoms with Crippen LogP contribution in [0.2, 0.25) is 0 Å². The van der Waals surface area contributed by atoms with Gasteiger partial charge in [0, 0.05) is 23.7 Å². The maximum Gasteiger partial charge on any atom is 0.349 e. The van der Waals surface area contributed by atoms with Gasteiger partial charge >= 0.3 is 5.63 Å². The quantitative estimate of drug-likeness (QED) is 0.761.